The highest BCUT2D eigenvalue weighted by Gasteiger charge is 2.48. The van der Waals surface area contributed by atoms with Gasteiger partial charge in [0.2, 0.25) is 0 Å². The van der Waals surface area contributed by atoms with Gasteiger partial charge >= 0.3 is 0 Å². The Morgan fingerprint density at radius 1 is 0.512 bits per heavy atom. The molecule has 1 amide bonds. The topological polar surface area (TPSA) is 43.4 Å². The van der Waals surface area contributed by atoms with Crippen LogP contribution in [0.1, 0.15) is 11.1 Å². The van der Waals surface area contributed by atoms with E-state index in [9.17, 15) is 9.90 Å². The van der Waals surface area contributed by atoms with Gasteiger partial charge in [-0.1, -0.05) is 103 Å². The number of hydrogen-bond donors (Lipinski definition) is 0. The van der Waals surface area contributed by atoms with Gasteiger partial charge in [0.15, 0.2) is 11.4 Å². The molecule has 4 nitrogen and oxygen atoms in total. The zero-order valence-corrected chi connectivity index (χ0v) is 23.4. The molecule has 1 aliphatic heterocycles. The fourth-order valence-electron chi connectivity index (χ4n) is 6.04. The molecule has 0 spiro atoms. The fraction of sp³-hybridized carbons (Fsp3) is 0. The normalized spacial score (nSPS) is 15.2. The standard InChI is InChI=1S/C39H28N2O2/c42-39(43)41(34-16-8-3-9-17-34)37-19-11-10-18-35(37)36-28-33(26-27-38(36)41)40(31-14-6-2-7-15-31)32-24-22-30(23-25-32)21-20-29-12-4-1-5-13-29/h1-28H. The first-order chi connectivity index (χ1) is 21.2. The highest BCUT2D eigenvalue weighted by Crippen LogP contribution is 2.58. The molecule has 0 radical (unpaired) electrons. The monoisotopic (exact) mass is 556 g/mol. The third-order valence-corrected chi connectivity index (χ3v) is 8.01. The van der Waals surface area contributed by atoms with E-state index in [0.717, 1.165) is 39.3 Å². The van der Waals surface area contributed by atoms with Crippen molar-refractivity contribution in [1.82, 2.24) is 4.48 Å². The smallest absolute Gasteiger partial charge is 0.273 e. The van der Waals surface area contributed by atoms with Gasteiger partial charge in [-0.15, -0.1) is 0 Å². The van der Waals surface area contributed by atoms with E-state index < -0.39 is 10.6 Å². The SMILES string of the molecule is O=C([O-])[N+]1(c2ccccc2)c2ccccc2-c2cc(N(c3ccccc3)c3ccc(C=Cc4ccccc4)cc3)ccc21. The van der Waals surface area contributed by atoms with Crippen LogP contribution in [0, 0.1) is 0 Å². The van der Waals surface area contributed by atoms with Crippen LogP contribution < -0.4 is 14.5 Å². The maximum absolute atomic E-state index is 13.1. The van der Waals surface area contributed by atoms with Gasteiger partial charge in [0.1, 0.15) is 5.69 Å². The van der Waals surface area contributed by atoms with Gasteiger partial charge in [-0.3, -0.25) is 0 Å². The van der Waals surface area contributed by atoms with Crippen molar-refractivity contribution in [2.75, 3.05) is 4.90 Å². The second-order valence-corrected chi connectivity index (χ2v) is 10.5. The molecule has 1 unspecified atom stereocenters. The highest BCUT2D eigenvalue weighted by molar-refractivity contribution is 6.10. The number of anilines is 3. The molecule has 1 atom stereocenters. The Labute approximate surface area is 251 Å². The molecule has 6 aromatic carbocycles. The summed E-state index contributed by atoms with van der Waals surface area (Å²) >= 11 is 0. The maximum Gasteiger partial charge on any atom is 0.273 e. The van der Waals surface area contributed by atoms with Gasteiger partial charge in [0.25, 0.3) is 6.09 Å². The third kappa shape index (κ3) is 4.51. The van der Waals surface area contributed by atoms with Crippen molar-refractivity contribution in [2.45, 2.75) is 0 Å². The molecule has 0 aromatic heterocycles. The number of benzene rings is 6. The second kappa shape index (κ2) is 10.9. The first-order valence-electron chi connectivity index (χ1n) is 14.3. The Morgan fingerprint density at radius 2 is 1.02 bits per heavy atom. The third-order valence-electron chi connectivity index (χ3n) is 8.01. The Morgan fingerprint density at radius 3 is 1.70 bits per heavy atom. The van der Waals surface area contributed by atoms with E-state index in [0.29, 0.717) is 17.1 Å². The van der Waals surface area contributed by atoms with Crippen LogP contribution in [0.25, 0.3) is 23.3 Å². The van der Waals surface area contributed by atoms with E-state index in [2.05, 4.69) is 71.6 Å². The summed E-state index contributed by atoms with van der Waals surface area (Å²) in [7, 11) is 0. The van der Waals surface area contributed by atoms with Gasteiger partial charge in [-0.05, 0) is 53.6 Å². The van der Waals surface area contributed by atoms with Gasteiger partial charge in [-0.25, -0.2) is 0 Å². The van der Waals surface area contributed by atoms with Crippen molar-refractivity contribution < 1.29 is 9.90 Å². The average molecular weight is 557 g/mol. The number of hydrogen-bond acceptors (Lipinski definition) is 3. The average Bonchev–Trinajstić information content (AvgIpc) is 3.37. The van der Waals surface area contributed by atoms with Gasteiger partial charge in [0.05, 0.1) is 11.1 Å². The van der Waals surface area contributed by atoms with Crippen LogP contribution in [0.15, 0.2) is 158 Å². The summed E-state index contributed by atoms with van der Waals surface area (Å²) in [5.74, 6) is 0. The molecule has 4 heteroatoms. The summed E-state index contributed by atoms with van der Waals surface area (Å²) in [6.45, 7) is 0. The number of para-hydroxylation sites is 3. The van der Waals surface area contributed by atoms with E-state index in [4.69, 9.17) is 0 Å². The summed E-state index contributed by atoms with van der Waals surface area (Å²) in [6, 6.07) is 52.0. The van der Waals surface area contributed by atoms with E-state index in [1.165, 1.54) is 0 Å². The quantitative estimate of drug-likeness (QED) is 0.152. The Bertz CT molecular complexity index is 1940. The fourth-order valence-corrected chi connectivity index (χ4v) is 6.04. The summed E-state index contributed by atoms with van der Waals surface area (Å²) in [5.41, 5.74) is 8.88. The lowest BCUT2D eigenvalue weighted by Gasteiger charge is -2.34. The predicted molar refractivity (Wildman–Crippen MR) is 175 cm³/mol. The van der Waals surface area contributed by atoms with Crippen LogP contribution in [-0.4, -0.2) is 6.09 Å². The van der Waals surface area contributed by atoms with Crippen molar-refractivity contribution in [2.24, 2.45) is 0 Å². The highest BCUT2D eigenvalue weighted by atomic mass is 16.4. The lowest BCUT2D eigenvalue weighted by molar-refractivity contribution is -0.257. The minimum absolute atomic E-state index is 0.486. The minimum atomic E-state index is -1.19. The molecule has 206 valence electrons. The molecule has 0 saturated heterocycles. The molecule has 0 bridgehead atoms. The number of carboxylic acid groups (broad SMARTS) is 1. The lowest BCUT2D eigenvalue weighted by Crippen LogP contribution is -2.51. The number of carbonyl (C=O) groups is 1. The molecule has 0 fully saturated rings. The van der Waals surface area contributed by atoms with E-state index in [1.807, 2.05) is 103 Å². The lowest BCUT2D eigenvalue weighted by atomic mass is 10.0. The molecule has 6 aromatic rings. The van der Waals surface area contributed by atoms with E-state index in [1.54, 1.807) is 0 Å². The Kier molecular flexibility index (Phi) is 6.66. The number of quaternary nitrogens is 1. The molecule has 7 rings (SSSR count). The molecule has 1 aliphatic rings. The molecule has 43 heavy (non-hydrogen) atoms. The Hall–Kier alpha value is -5.71. The summed E-state index contributed by atoms with van der Waals surface area (Å²) in [5, 5.41) is 13.1. The molecule has 0 N–H and O–H groups in total. The summed E-state index contributed by atoms with van der Waals surface area (Å²) in [6.07, 6.45) is 3.03. The molecule has 0 aliphatic carbocycles. The maximum atomic E-state index is 13.1. The first-order valence-corrected chi connectivity index (χ1v) is 14.3. The first kappa shape index (κ1) is 26.2. The van der Waals surface area contributed by atoms with Crippen molar-refractivity contribution in [3.05, 3.63) is 169 Å². The van der Waals surface area contributed by atoms with Crippen LogP contribution in [-0.2, 0) is 0 Å². The van der Waals surface area contributed by atoms with Crippen LogP contribution in [0.2, 0.25) is 0 Å². The van der Waals surface area contributed by atoms with Gasteiger partial charge < -0.3 is 14.8 Å². The molecular weight excluding hydrogens is 528 g/mol. The van der Waals surface area contributed by atoms with Crippen molar-refractivity contribution in [3.8, 4) is 11.1 Å². The summed E-state index contributed by atoms with van der Waals surface area (Å²) < 4.78 is -0.486. The van der Waals surface area contributed by atoms with Crippen LogP contribution in [0.5, 0.6) is 0 Å². The molecule has 0 saturated carbocycles. The van der Waals surface area contributed by atoms with E-state index in [-0.39, 0.29) is 0 Å². The Balaban J connectivity index is 1.35. The predicted octanol–water partition coefficient (Wildman–Crippen LogP) is 9.62. The van der Waals surface area contributed by atoms with E-state index >= 15 is 0 Å². The number of nitrogens with zero attached hydrogens (tertiary/aromatic N) is 2. The zero-order valence-electron chi connectivity index (χ0n) is 23.4. The largest absolute Gasteiger partial charge is 0.497 e. The van der Waals surface area contributed by atoms with Crippen molar-refractivity contribution in [1.29, 1.82) is 0 Å². The van der Waals surface area contributed by atoms with Gasteiger partial charge in [0, 0.05) is 41.3 Å². The zero-order chi connectivity index (χ0) is 29.2. The van der Waals surface area contributed by atoms with Crippen LogP contribution >= 0.6 is 0 Å². The second-order valence-electron chi connectivity index (χ2n) is 10.5. The minimum Gasteiger partial charge on any atom is -0.497 e. The van der Waals surface area contributed by atoms with Crippen LogP contribution in [0.3, 0.4) is 0 Å². The summed E-state index contributed by atoms with van der Waals surface area (Å²) in [4.78, 5) is 15.3. The molecular formula is C39H28N2O2. The van der Waals surface area contributed by atoms with Gasteiger partial charge in [-0.2, -0.15) is 4.48 Å². The number of amides is 1. The molecule has 1 heterocycles. The van der Waals surface area contributed by atoms with Crippen LogP contribution in [0.4, 0.5) is 38.9 Å². The van der Waals surface area contributed by atoms with Crippen molar-refractivity contribution >= 4 is 52.4 Å². The number of fused-ring (bicyclic) bond motifs is 3. The number of carbonyl (C=O) groups excluding carboxylic acids is 1. The van der Waals surface area contributed by atoms with Crippen molar-refractivity contribution in [3.63, 3.8) is 0 Å². The number of rotatable bonds is 6.